The van der Waals surface area contributed by atoms with Crippen molar-refractivity contribution in [3.8, 4) is 5.75 Å². The van der Waals surface area contributed by atoms with Crippen LogP contribution in [0, 0.1) is 0 Å². The van der Waals surface area contributed by atoms with Crippen LogP contribution in [0.2, 0.25) is 0 Å². The Bertz CT molecular complexity index is 892. The molecule has 1 aliphatic heterocycles. The average molecular weight is 380 g/mol. The highest BCUT2D eigenvalue weighted by atomic mass is 16.5. The van der Waals surface area contributed by atoms with Gasteiger partial charge in [-0.05, 0) is 24.6 Å². The van der Waals surface area contributed by atoms with E-state index >= 15 is 0 Å². The van der Waals surface area contributed by atoms with Gasteiger partial charge in [-0.15, -0.1) is 0 Å². The number of amides is 2. The molecule has 2 aromatic carbocycles. The van der Waals surface area contributed by atoms with Gasteiger partial charge in [0.05, 0.1) is 12.7 Å². The third-order valence-corrected chi connectivity index (χ3v) is 4.73. The van der Waals surface area contributed by atoms with Gasteiger partial charge in [-0.25, -0.2) is 0 Å². The fourth-order valence-electron chi connectivity index (χ4n) is 3.32. The van der Waals surface area contributed by atoms with E-state index in [0.717, 1.165) is 5.69 Å². The molecular weight excluding hydrogens is 356 g/mol. The van der Waals surface area contributed by atoms with Gasteiger partial charge in [0.25, 0.3) is 11.8 Å². The van der Waals surface area contributed by atoms with Crippen molar-refractivity contribution in [3.05, 3.63) is 65.9 Å². The van der Waals surface area contributed by atoms with Gasteiger partial charge in [-0.1, -0.05) is 36.4 Å². The maximum Gasteiger partial charge on any atom is 0.278 e. The highest BCUT2D eigenvalue weighted by Gasteiger charge is 2.41. The van der Waals surface area contributed by atoms with Gasteiger partial charge >= 0.3 is 0 Å². The third-order valence-electron chi connectivity index (χ3n) is 4.73. The lowest BCUT2D eigenvalue weighted by molar-refractivity contribution is -0.137. The number of likely N-dealkylation sites (N-methyl/N-ethyl adjacent to an activating group) is 1. The number of carbonyl (C=O) groups is 2. The third kappa shape index (κ3) is 3.64. The van der Waals surface area contributed by atoms with Crippen molar-refractivity contribution in [2.75, 3.05) is 39.3 Å². The van der Waals surface area contributed by atoms with Crippen LogP contribution in [-0.2, 0) is 14.3 Å². The van der Waals surface area contributed by atoms with Crippen LogP contribution in [0.4, 0.5) is 5.69 Å². The molecule has 2 aromatic rings. The van der Waals surface area contributed by atoms with Gasteiger partial charge in [0.2, 0.25) is 0 Å². The molecule has 28 heavy (non-hydrogen) atoms. The maximum atomic E-state index is 13.2. The number of rotatable bonds is 8. The molecule has 146 valence electrons. The molecule has 0 saturated heterocycles. The highest BCUT2D eigenvalue weighted by Crippen LogP contribution is 2.37. The Balaban J connectivity index is 2.10. The minimum absolute atomic E-state index is 0.302. The van der Waals surface area contributed by atoms with Crippen LogP contribution in [0.25, 0.3) is 5.57 Å². The summed E-state index contributed by atoms with van der Waals surface area (Å²) >= 11 is 0. The summed E-state index contributed by atoms with van der Waals surface area (Å²) in [5.41, 5.74) is 2.13. The first-order valence-corrected chi connectivity index (χ1v) is 9.11. The molecule has 0 unspecified atom stereocenters. The summed E-state index contributed by atoms with van der Waals surface area (Å²) in [6.07, 6.45) is 0.579. The number of imide groups is 1. The molecule has 0 aliphatic carbocycles. The van der Waals surface area contributed by atoms with E-state index in [0.29, 0.717) is 42.2 Å². The molecular formula is C22H24N2O4. The maximum absolute atomic E-state index is 13.2. The van der Waals surface area contributed by atoms with Gasteiger partial charge in [0, 0.05) is 38.6 Å². The van der Waals surface area contributed by atoms with Gasteiger partial charge in [-0.3, -0.25) is 14.5 Å². The van der Waals surface area contributed by atoms with Crippen LogP contribution in [0.1, 0.15) is 12.0 Å². The standard InChI is InChI=1S/C22H24N2O4/c1-23(16-10-5-4-6-11-16)20-19(17-12-7-8-13-18(17)28-3)21(25)24(22(20)26)14-9-15-27-2/h4-8,10-13H,9,14-15H2,1-3H3. The molecule has 0 saturated carbocycles. The number of nitrogens with zero attached hydrogens (tertiary/aromatic N) is 2. The van der Waals surface area contributed by atoms with E-state index in [1.54, 1.807) is 38.3 Å². The molecule has 0 N–H and O–H groups in total. The Morgan fingerprint density at radius 1 is 0.929 bits per heavy atom. The summed E-state index contributed by atoms with van der Waals surface area (Å²) < 4.78 is 10.5. The fourth-order valence-corrected chi connectivity index (χ4v) is 3.32. The molecule has 0 fully saturated rings. The summed E-state index contributed by atoms with van der Waals surface area (Å²) in [5.74, 6) is -0.0758. The van der Waals surface area contributed by atoms with Crippen molar-refractivity contribution in [1.29, 1.82) is 0 Å². The van der Waals surface area contributed by atoms with E-state index in [1.807, 2.05) is 42.5 Å². The van der Waals surface area contributed by atoms with Crippen molar-refractivity contribution < 1.29 is 19.1 Å². The number of ether oxygens (including phenoxy) is 2. The zero-order valence-electron chi connectivity index (χ0n) is 16.3. The zero-order valence-corrected chi connectivity index (χ0v) is 16.3. The van der Waals surface area contributed by atoms with Crippen molar-refractivity contribution in [3.63, 3.8) is 0 Å². The van der Waals surface area contributed by atoms with Crippen LogP contribution in [0.5, 0.6) is 5.75 Å². The topological polar surface area (TPSA) is 59.1 Å². The SMILES string of the molecule is COCCCN1C(=O)C(c2ccccc2OC)=C(N(C)c2ccccc2)C1=O. The number of hydrogen-bond acceptors (Lipinski definition) is 5. The number of anilines is 1. The van der Waals surface area contributed by atoms with Crippen molar-refractivity contribution in [2.24, 2.45) is 0 Å². The van der Waals surface area contributed by atoms with E-state index in [1.165, 1.54) is 4.90 Å². The second-order valence-corrected chi connectivity index (χ2v) is 6.43. The molecule has 6 heteroatoms. The van der Waals surface area contributed by atoms with Gasteiger partial charge in [0.1, 0.15) is 11.4 Å². The average Bonchev–Trinajstić information content (AvgIpc) is 2.98. The lowest BCUT2D eigenvalue weighted by Gasteiger charge is -2.21. The Kier molecular flexibility index (Phi) is 6.11. The molecule has 0 atom stereocenters. The molecule has 3 rings (SSSR count). The summed E-state index contributed by atoms with van der Waals surface area (Å²) in [7, 11) is 4.95. The quantitative estimate of drug-likeness (QED) is 0.521. The van der Waals surface area contributed by atoms with Gasteiger partial charge in [0.15, 0.2) is 0 Å². The predicted octanol–water partition coefficient (Wildman–Crippen LogP) is 2.95. The highest BCUT2D eigenvalue weighted by molar-refractivity contribution is 6.37. The Labute approximate surface area is 165 Å². The van der Waals surface area contributed by atoms with Gasteiger partial charge in [-0.2, -0.15) is 0 Å². The molecule has 1 aliphatic rings. The number of benzene rings is 2. The van der Waals surface area contributed by atoms with E-state index in [-0.39, 0.29) is 11.8 Å². The molecule has 0 bridgehead atoms. The summed E-state index contributed by atoms with van der Waals surface area (Å²) in [5, 5.41) is 0. The van der Waals surface area contributed by atoms with E-state index in [2.05, 4.69) is 0 Å². The summed E-state index contributed by atoms with van der Waals surface area (Å²) in [6.45, 7) is 0.779. The zero-order chi connectivity index (χ0) is 20.1. The number of para-hydroxylation sites is 2. The second-order valence-electron chi connectivity index (χ2n) is 6.43. The van der Waals surface area contributed by atoms with Gasteiger partial charge < -0.3 is 14.4 Å². The van der Waals surface area contributed by atoms with Crippen molar-refractivity contribution in [2.45, 2.75) is 6.42 Å². The summed E-state index contributed by atoms with van der Waals surface area (Å²) in [6, 6.07) is 16.8. The lowest BCUT2D eigenvalue weighted by Crippen LogP contribution is -2.35. The number of methoxy groups -OCH3 is 2. The van der Waals surface area contributed by atoms with E-state index < -0.39 is 0 Å². The fraction of sp³-hybridized carbons (Fsp3) is 0.273. The van der Waals surface area contributed by atoms with Crippen LogP contribution < -0.4 is 9.64 Å². The first-order valence-electron chi connectivity index (χ1n) is 9.11. The minimum atomic E-state index is -0.316. The molecule has 2 amide bonds. The Morgan fingerprint density at radius 3 is 2.29 bits per heavy atom. The smallest absolute Gasteiger partial charge is 0.278 e. The molecule has 0 spiro atoms. The molecule has 1 heterocycles. The largest absolute Gasteiger partial charge is 0.496 e. The Morgan fingerprint density at radius 2 is 1.61 bits per heavy atom. The lowest BCUT2D eigenvalue weighted by atomic mass is 10.0. The van der Waals surface area contributed by atoms with Crippen molar-refractivity contribution in [1.82, 2.24) is 4.90 Å². The first-order chi connectivity index (χ1) is 13.6. The first kappa shape index (κ1) is 19.6. The second kappa shape index (κ2) is 8.71. The van der Waals surface area contributed by atoms with E-state index in [4.69, 9.17) is 9.47 Å². The van der Waals surface area contributed by atoms with E-state index in [9.17, 15) is 9.59 Å². The van der Waals surface area contributed by atoms with Crippen LogP contribution >= 0.6 is 0 Å². The van der Waals surface area contributed by atoms with Crippen LogP contribution in [0.3, 0.4) is 0 Å². The molecule has 0 radical (unpaired) electrons. The molecule has 6 nitrogen and oxygen atoms in total. The monoisotopic (exact) mass is 380 g/mol. The predicted molar refractivity (Wildman–Crippen MR) is 108 cm³/mol. The molecule has 0 aromatic heterocycles. The minimum Gasteiger partial charge on any atom is -0.496 e. The van der Waals surface area contributed by atoms with Crippen molar-refractivity contribution >= 4 is 23.1 Å². The van der Waals surface area contributed by atoms with Crippen LogP contribution in [-0.4, -0.2) is 51.1 Å². The number of carbonyl (C=O) groups excluding carboxylic acids is 2. The number of hydrogen-bond donors (Lipinski definition) is 0. The summed E-state index contributed by atoms with van der Waals surface area (Å²) in [4.78, 5) is 29.5. The Hall–Kier alpha value is -3.12. The normalized spacial score (nSPS) is 14.0. The van der Waals surface area contributed by atoms with Crippen LogP contribution in [0.15, 0.2) is 60.3 Å².